The summed E-state index contributed by atoms with van der Waals surface area (Å²) < 4.78 is 10.3. The maximum Gasteiger partial charge on any atom is 0.0807 e. The van der Waals surface area contributed by atoms with Crippen LogP contribution in [0.1, 0.15) is 25.0 Å². The van der Waals surface area contributed by atoms with E-state index in [2.05, 4.69) is 4.90 Å². The molecular formula is C15H25NO3. The molecule has 108 valence electrons. The van der Waals surface area contributed by atoms with Gasteiger partial charge in [-0.15, -0.1) is 0 Å². The van der Waals surface area contributed by atoms with Crippen molar-refractivity contribution in [1.82, 2.24) is 0 Å². The summed E-state index contributed by atoms with van der Waals surface area (Å²) in [6, 6.07) is 7.98. The zero-order chi connectivity index (χ0) is 14.1. The number of methoxy groups -OCH3 is 2. The summed E-state index contributed by atoms with van der Waals surface area (Å²) in [5.74, 6) is 0. The minimum absolute atomic E-state index is 0.427. The maximum atomic E-state index is 10.1. The van der Waals surface area contributed by atoms with Crippen molar-refractivity contribution in [2.75, 3.05) is 45.4 Å². The Hall–Kier alpha value is -1.10. The highest BCUT2D eigenvalue weighted by Crippen LogP contribution is 2.27. The van der Waals surface area contributed by atoms with Gasteiger partial charge in [-0.1, -0.05) is 25.1 Å². The van der Waals surface area contributed by atoms with E-state index in [-0.39, 0.29) is 0 Å². The molecule has 0 unspecified atom stereocenters. The van der Waals surface area contributed by atoms with Crippen LogP contribution in [0.3, 0.4) is 0 Å². The molecule has 0 radical (unpaired) electrons. The molecule has 0 aliphatic heterocycles. The summed E-state index contributed by atoms with van der Waals surface area (Å²) in [4.78, 5) is 2.20. The smallest absolute Gasteiger partial charge is 0.0807 e. The minimum atomic E-state index is -0.427. The average Bonchev–Trinajstić information content (AvgIpc) is 2.47. The summed E-state index contributed by atoms with van der Waals surface area (Å²) in [5.41, 5.74) is 2.03. The summed E-state index contributed by atoms with van der Waals surface area (Å²) in [6.07, 6.45) is 0.281. The molecule has 1 aromatic carbocycles. The number of aliphatic hydroxyl groups is 1. The van der Waals surface area contributed by atoms with Crippen LogP contribution in [0.15, 0.2) is 24.3 Å². The topological polar surface area (TPSA) is 41.9 Å². The van der Waals surface area contributed by atoms with Gasteiger partial charge in [-0.05, 0) is 12.5 Å². The van der Waals surface area contributed by atoms with E-state index in [9.17, 15) is 5.11 Å². The van der Waals surface area contributed by atoms with E-state index in [1.54, 1.807) is 14.2 Å². The lowest BCUT2D eigenvalue weighted by atomic mass is 10.0. The quantitative estimate of drug-likeness (QED) is 0.745. The van der Waals surface area contributed by atoms with Gasteiger partial charge in [0.05, 0.1) is 19.3 Å². The van der Waals surface area contributed by atoms with Gasteiger partial charge in [-0.25, -0.2) is 0 Å². The Labute approximate surface area is 115 Å². The molecule has 0 fully saturated rings. The third-order valence-electron chi connectivity index (χ3n) is 3.15. The number of para-hydroxylation sites is 1. The number of aliphatic hydroxyl groups excluding tert-OH is 1. The fraction of sp³-hybridized carbons (Fsp3) is 0.600. The molecule has 1 aromatic rings. The van der Waals surface area contributed by atoms with Crippen molar-refractivity contribution in [3.05, 3.63) is 29.8 Å². The van der Waals surface area contributed by atoms with Gasteiger partial charge < -0.3 is 19.5 Å². The van der Waals surface area contributed by atoms with Gasteiger partial charge >= 0.3 is 0 Å². The zero-order valence-corrected chi connectivity index (χ0v) is 12.1. The second-order valence-corrected chi connectivity index (χ2v) is 4.46. The lowest BCUT2D eigenvalue weighted by Gasteiger charge is -2.28. The van der Waals surface area contributed by atoms with Crippen molar-refractivity contribution in [3.63, 3.8) is 0 Å². The lowest BCUT2D eigenvalue weighted by molar-refractivity contribution is 0.172. The third kappa shape index (κ3) is 4.82. The van der Waals surface area contributed by atoms with Crippen LogP contribution in [0.5, 0.6) is 0 Å². The lowest BCUT2D eigenvalue weighted by Crippen LogP contribution is -2.31. The first-order valence-corrected chi connectivity index (χ1v) is 6.74. The molecule has 0 aliphatic rings. The molecular weight excluding hydrogens is 242 g/mol. The summed E-state index contributed by atoms with van der Waals surface area (Å²) in [5, 5.41) is 10.1. The number of hydrogen-bond donors (Lipinski definition) is 1. The SMILES string of the molecule is CC[C@H](O)c1ccccc1N(CCOC)CCOC. The Bertz CT molecular complexity index is 349. The number of hydrogen-bond acceptors (Lipinski definition) is 4. The molecule has 19 heavy (non-hydrogen) atoms. The van der Waals surface area contributed by atoms with Gasteiger partial charge in [0.15, 0.2) is 0 Å². The number of ether oxygens (including phenoxy) is 2. The molecule has 0 saturated heterocycles. The molecule has 0 heterocycles. The van der Waals surface area contributed by atoms with Crippen LogP contribution in [0.25, 0.3) is 0 Å². The van der Waals surface area contributed by atoms with E-state index in [1.165, 1.54) is 0 Å². The van der Waals surface area contributed by atoms with Crippen LogP contribution >= 0.6 is 0 Å². The second-order valence-electron chi connectivity index (χ2n) is 4.46. The number of rotatable bonds is 9. The molecule has 0 saturated carbocycles. The summed E-state index contributed by atoms with van der Waals surface area (Å²) in [6.45, 7) is 4.86. The predicted molar refractivity (Wildman–Crippen MR) is 77.7 cm³/mol. The van der Waals surface area contributed by atoms with Crippen molar-refractivity contribution in [2.24, 2.45) is 0 Å². The highest BCUT2D eigenvalue weighted by atomic mass is 16.5. The van der Waals surface area contributed by atoms with Gasteiger partial charge in [0, 0.05) is 38.6 Å². The first-order chi connectivity index (χ1) is 9.24. The van der Waals surface area contributed by atoms with E-state index in [1.807, 2.05) is 31.2 Å². The molecule has 0 spiro atoms. The molecule has 1 atom stereocenters. The van der Waals surface area contributed by atoms with Gasteiger partial charge in [0.25, 0.3) is 0 Å². The van der Waals surface area contributed by atoms with Crippen LogP contribution in [-0.2, 0) is 9.47 Å². The van der Waals surface area contributed by atoms with Crippen LogP contribution in [-0.4, -0.2) is 45.6 Å². The number of anilines is 1. The fourth-order valence-corrected chi connectivity index (χ4v) is 2.03. The number of nitrogens with zero attached hydrogens (tertiary/aromatic N) is 1. The molecule has 1 N–H and O–H groups in total. The van der Waals surface area contributed by atoms with E-state index in [0.717, 1.165) is 24.3 Å². The summed E-state index contributed by atoms with van der Waals surface area (Å²) >= 11 is 0. The second kappa shape index (κ2) is 8.91. The van der Waals surface area contributed by atoms with Gasteiger partial charge in [0.2, 0.25) is 0 Å². The molecule has 0 aromatic heterocycles. The maximum absolute atomic E-state index is 10.1. The van der Waals surface area contributed by atoms with Crippen molar-refractivity contribution in [1.29, 1.82) is 0 Å². The molecule has 1 rings (SSSR count). The van der Waals surface area contributed by atoms with Gasteiger partial charge in [0.1, 0.15) is 0 Å². The monoisotopic (exact) mass is 267 g/mol. The number of benzene rings is 1. The molecule has 4 heteroatoms. The van der Waals surface area contributed by atoms with Crippen molar-refractivity contribution in [2.45, 2.75) is 19.4 Å². The predicted octanol–water partition coefficient (Wildman–Crippen LogP) is 2.23. The zero-order valence-electron chi connectivity index (χ0n) is 12.1. The molecule has 4 nitrogen and oxygen atoms in total. The Morgan fingerprint density at radius 1 is 1.11 bits per heavy atom. The van der Waals surface area contributed by atoms with Crippen LogP contribution < -0.4 is 4.90 Å². The minimum Gasteiger partial charge on any atom is -0.388 e. The van der Waals surface area contributed by atoms with Crippen LogP contribution in [0, 0.1) is 0 Å². The van der Waals surface area contributed by atoms with E-state index >= 15 is 0 Å². The highest BCUT2D eigenvalue weighted by molar-refractivity contribution is 5.54. The van der Waals surface area contributed by atoms with E-state index < -0.39 is 6.10 Å². The van der Waals surface area contributed by atoms with Crippen molar-refractivity contribution in [3.8, 4) is 0 Å². The average molecular weight is 267 g/mol. The van der Waals surface area contributed by atoms with Crippen LogP contribution in [0.2, 0.25) is 0 Å². The van der Waals surface area contributed by atoms with Crippen molar-refractivity contribution >= 4 is 5.69 Å². The van der Waals surface area contributed by atoms with E-state index in [0.29, 0.717) is 19.6 Å². The Kier molecular flexibility index (Phi) is 7.48. The van der Waals surface area contributed by atoms with Gasteiger partial charge in [-0.3, -0.25) is 0 Å². The normalized spacial score (nSPS) is 12.4. The first-order valence-electron chi connectivity index (χ1n) is 6.74. The van der Waals surface area contributed by atoms with Crippen molar-refractivity contribution < 1.29 is 14.6 Å². The third-order valence-corrected chi connectivity index (χ3v) is 3.15. The Morgan fingerprint density at radius 3 is 2.21 bits per heavy atom. The molecule has 0 amide bonds. The fourth-order valence-electron chi connectivity index (χ4n) is 2.03. The molecule has 0 bridgehead atoms. The van der Waals surface area contributed by atoms with Crippen LogP contribution in [0.4, 0.5) is 5.69 Å². The first kappa shape index (κ1) is 16.0. The Morgan fingerprint density at radius 2 is 1.68 bits per heavy atom. The Balaban J connectivity index is 2.92. The summed E-state index contributed by atoms with van der Waals surface area (Å²) in [7, 11) is 3.39. The van der Waals surface area contributed by atoms with E-state index in [4.69, 9.17) is 9.47 Å². The standard InChI is InChI=1S/C15H25NO3/c1-4-15(17)13-7-5-6-8-14(13)16(9-11-18-2)10-12-19-3/h5-8,15,17H,4,9-12H2,1-3H3/t15-/m0/s1. The highest BCUT2D eigenvalue weighted by Gasteiger charge is 2.15. The molecule has 0 aliphatic carbocycles. The largest absolute Gasteiger partial charge is 0.388 e. The van der Waals surface area contributed by atoms with Gasteiger partial charge in [-0.2, -0.15) is 0 Å².